The summed E-state index contributed by atoms with van der Waals surface area (Å²) in [6.45, 7) is 0. The molecule has 0 atom stereocenters. The number of aromatic nitrogens is 2. The number of para-hydroxylation sites is 2. The van der Waals surface area contributed by atoms with E-state index in [1.165, 1.54) is 0 Å². The first-order valence-electron chi connectivity index (χ1n) is 6.30. The summed E-state index contributed by atoms with van der Waals surface area (Å²) in [5.41, 5.74) is 7.26. The highest BCUT2D eigenvalue weighted by Gasteiger charge is 2.15. The molecule has 1 heterocycles. The molecule has 21 heavy (non-hydrogen) atoms. The number of hydrogen-bond donors (Lipinski definition) is 3. The van der Waals surface area contributed by atoms with Crippen LogP contribution < -0.4 is 11.1 Å². The maximum absolute atomic E-state index is 12.3. The minimum atomic E-state index is -0.666. The molecule has 3 aromatic rings. The lowest BCUT2D eigenvalue weighted by atomic mass is 10.1. The number of fused-ring (bicyclic) bond motifs is 1. The third kappa shape index (κ3) is 2.46. The molecule has 3 rings (SSSR count). The molecule has 0 bridgehead atoms. The van der Waals surface area contributed by atoms with Crippen LogP contribution in [0, 0.1) is 0 Å². The van der Waals surface area contributed by atoms with Crippen molar-refractivity contribution in [3.05, 3.63) is 59.9 Å². The van der Waals surface area contributed by atoms with Gasteiger partial charge in [-0.05, 0) is 24.3 Å². The molecule has 0 aliphatic rings. The number of carbonyl (C=O) groups excluding carboxylic acids is 2. The number of anilines is 1. The summed E-state index contributed by atoms with van der Waals surface area (Å²) in [6, 6.07) is 14.2. The number of carbonyl (C=O) groups is 2. The molecule has 6 heteroatoms. The second kappa shape index (κ2) is 5.09. The van der Waals surface area contributed by atoms with Crippen molar-refractivity contribution in [2.75, 3.05) is 5.32 Å². The van der Waals surface area contributed by atoms with Crippen molar-refractivity contribution in [1.82, 2.24) is 9.97 Å². The minimum absolute atomic E-state index is 0.0324. The fourth-order valence-electron chi connectivity index (χ4n) is 2.05. The van der Waals surface area contributed by atoms with Crippen LogP contribution in [0.5, 0.6) is 0 Å². The van der Waals surface area contributed by atoms with Crippen LogP contribution in [0.3, 0.4) is 0 Å². The van der Waals surface area contributed by atoms with Crippen LogP contribution in [0.15, 0.2) is 48.5 Å². The van der Waals surface area contributed by atoms with Gasteiger partial charge in [-0.1, -0.05) is 24.3 Å². The Hall–Kier alpha value is -3.15. The van der Waals surface area contributed by atoms with Crippen molar-refractivity contribution in [3.8, 4) is 0 Å². The molecule has 0 radical (unpaired) electrons. The zero-order valence-electron chi connectivity index (χ0n) is 11.0. The van der Waals surface area contributed by atoms with Gasteiger partial charge in [0, 0.05) is 5.69 Å². The monoisotopic (exact) mass is 280 g/mol. The SMILES string of the molecule is NC(=O)c1nc2c(C(=O)Nc3ccccc3)cccc2[nH]1. The van der Waals surface area contributed by atoms with Crippen LogP contribution >= 0.6 is 0 Å². The van der Waals surface area contributed by atoms with Gasteiger partial charge in [0.1, 0.15) is 5.52 Å². The van der Waals surface area contributed by atoms with Crippen LogP contribution in [0.1, 0.15) is 21.0 Å². The van der Waals surface area contributed by atoms with Crippen LogP contribution in [0.25, 0.3) is 11.0 Å². The number of amides is 2. The van der Waals surface area contributed by atoms with Gasteiger partial charge in [0.05, 0.1) is 11.1 Å². The quantitative estimate of drug-likeness (QED) is 0.683. The number of primary amides is 1. The molecule has 2 amide bonds. The molecule has 4 N–H and O–H groups in total. The van der Waals surface area contributed by atoms with E-state index in [1.54, 1.807) is 30.3 Å². The van der Waals surface area contributed by atoms with Crippen molar-refractivity contribution in [3.63, 3.8) is 0 Å². The lowest BCUT2D eigenvalue weighted by Crippen LogP contribution is -2.13. The summed E-state index contributed by atoms with van der Waals surface area (Å²) < 4.78 is 0. The first kappa shape index (κ1) is 12.9. The molecule has 0 spiro atoms. The molecule has 6 nitrogen and oxygen atoms in total. The highest BCUT2D eigenvalue weighted by atomic mass is 16.2. The van der Waals surface area contributed by atoms with E-state index in [-0.39, 0.29) is 11.7 Å². The number of aromatic amines is 1. The molecule has 2 aromatic carbocycles. The number of H-pyrrole nitrogens is 1. The molecule has 0 fully saturated rings. The van der Waals surface area contributed by atoms with E-state index in [0.717, 1.165) is 0 Å². The van der Waals surface area contributed by atoms with Gasteiger partial charge in [0.2, 0.25) is 0 Å². The standard InChI is InChI=1S/C15H12N4O2/c16-13(20)14-18-11-8-4-7-10(12(11)19-14)15(21)17-9-5-2-1-3-6-9/h1-8H,(H2,16,20)(H,17,21)(H,18,19). The molecular weight excluding hydrogens is 268 g/mol. The Labute approximate surface area is 120 Å². The Balaban J connectivity index is 2.00. The predicted molar refractivity (Wildman–Crippen MR) is 79.0 cm³/mol. The summed E-state index contributed by atoms with van der Waals surface area (Å²) in [4.78, 5) is 30.4. The van der Waals surface area contributed by atoms with E-state index in [1.807, 2.05) is 18.2 Å². The number of benzene rings is 2. The third-order valence-electron chi connectivity index (χ3n) is 3.02. The summed E-state index contributed by atoms with van der Waals surface area (Å²) in [5.74, 6) is -0.931. The second-order valence-corrected chi connectivity index (χ2v) is 4.47. The highest BCUT2D eigenvalue weighted by molar-refractivity contribution is 6.12. The first-order valence-corrected chi connectivity index (χ1v) is 6.30. The largest absolute Gasteiger partial charge is 0.363 e. The van der Waals surface area contributed by atoms with E-state index in [0.29, 0.717) is 22.3 Å². The maximum atomic E-state index is 12.3. The van der Waals surface area contributed by atoms with Gasteiger partial charge >= 0.3 is 0 Å². The molecule has 0 saturated heterocycles. The van der Waals surface area contributed by atoms with E-state index in [9.17, 15) is 9.59 Å². The van der Waals surface area contributed by atoms with Crippen molar-refractivity contribution < 1.29 is 9.59 Å². The van der Waals surface area contributed by atoms with Gasteiger partial charge in [-0.2, -0.15) is 0 Å². The maximum Gasteiger partial charge on any atom is 0.284 e. The average Bonchev–Trinajstić information content (AvgIpc) is 2.92. The van der Waals surface area contributed by atoms with E-state index < -0.39 is 5.91 Å². The van der Waals surface area contributed by atoms with Crippen LogP contribution in [-0.2, 0) is 0 Å². The van der Waals surface area contributed by atoms with Gasteiger partial charge in [0.15, 0.2) is 5.82 Å². The van der Waals surface area contributed by atoms with Crippen LogP contribution in [0.2, 0.25) is 0 Å². The number of nitrogens with one attached hydrogen (secondary N) is 2. The second-order valence-electron chi connectivity index (χ2n) is 4.47. The number of hydrogen-bond acceptors (Lipinski definition) is 3. The van der Waals surface area contributed by atoms with E-state index in [2.05, 4.69) is 15.3 Å². The Morgan fingerprint density at radius 2 is 1.81 bits per heavy atom. The number of nitrogens with two attached hydrogens (primary N) is 1. The Morgan fingerprint density at radius 1 is 1.05 bits per heavy atom. The molecule has 0 unspecified atom stereocenters. The van der Waals surface area contributed by atoms with Gasteiger partial charge < -0.3 is 16.0 Å². The fraction of sp³-hybridized carbons (Fsp3) is 0. The van der Waals surface area contributed by atoms with Crippen molar-refractivity contribution in [2.45, 2.75) is 0 Å². The Morgan fingerprint density at radius 3 is 2.52 bits per heavy atom. The lowest BCUT2D eigenvalue weighted by molar-refractivity contribution is 0.0989. The Kier molecular flexibility index (Phi) is 3.12. The smallest absolute Gasteiger partial charge is 0.284 e. The third-order valence-corrected chi connectivity index (χ3v) is 3.02. The molecule has 1 aromatic heterocycles. The normalized spacial score (nSPS) is 10.5. The van der Waals surface area contributed by atoms with Gasteiger partial charge in [-0.3, -0.25) is 9.59 Å². The first-order chi connectivity index (χ1) is 10.1. The molecule has 0 aliphatic carbocycles. The van der Waals surface area contributed by atoms with Gasteiger partial charge in [-0.15, -0.1) is 0 Å². The number of nitrogens with zero attached hydrogens (tertiary/aromatic N) is 1. The van der Waals surface area contributed by atoms with E-state index in [4.69, 9.17) is 5.73 Å². The molecule has 0 saturated carbocycles. The molecule has 104 valence electrons. The summed E-state index contributed by atoms with van der Waals surface area (Å²) in [5, 5.41) is 2.78. The summed E-state index contributed by atoms with van der Waals surface area (Å²) in [7, 11) is 0. The average molecular weight is 280 g/mol. The van der Waals surface area contributed by atoms with E-state index >= 15 is 0 Å². The number of imidazole rings is 1. The van der Waals surface area contributed by atoms with Crippen LogP contribution in [-0.4, -0.2) is 21.8 Å². The highest BCUT2D eigenvalue weighted by Crippen LogP contribution is 2.18. The van der Waals surface area contributed by atoms with Crippen molar-refractivity contribution >= 4 is 28.5 Å². The zero-order valence-corrected chi connectivity index (χ0v) is 11.0. The summed E-state index contributed by atoms with van der Waals surface area (Å²) in [6.07, 6.45) is 0. The zero-order chi connectivity index (χ0) is 14.8. The number of rotatable bonds is 3. The van der Waals surface area contributed by atoms with Crippen LogP contribution in [0.4, 0.5) is 5.69 Å². The van der Waals surface area contributed by atoms with Gasteiger partial charge in [0.25, 0.3) is 11.8 Å². The predicted octanol–water partition coefficient (Wildman–Crippen LogP) is 1.91. The molecule has 0 aliphatic heterocycles. The summed E-state index contributed by atoms with van der Waals surface area (Å²) >= 11 is 0. The van der Waals surface area contributed by atoms with Gasteiger partial charge in [-0.25, -0.2) is 4.98 Å². The topological polar surface area (TPSA) is 101 Å². The lowest BCUT2D eigenvalue weighted by Gasteiger charge is -2.05. The fourth-order valence-corrected chi connectivity index (χ4v) is 2.05. The van der Waals surface area contributed by atoms with Crippen molar-refractivity contribution in [2.24, 2.45) is 5.73 Å². The Bertz CT molecular complexity index is 824. The molecular formula is C15H12N4O2. The van der Waals surface area contributed by atoms with Crippen molar-refractivity contribution in [1.29, 1.82) is 0 Å². The minimum Gasteiger partial charge on any atom is -0.363 e.